The second kappa shape index (κ2) is 15.0. The number of hydrogen-bond acceptors (Lipinski definition) is 5. The van der Waals surface area contributed by atoms with E-state index in [1.54, 1.807) is 0 Å². The van der Waals surface area contributed by atoms with Crippen LogP contribution >= 0.6 is 0 Å². The standard InChI is InChI=1S/C59H36N4O/c60-37-38-13-11-18-43(33-38)44-19-12-20-45(34-44)47-30-32-53-55(36-47)64-54-35-46(29-31-52(54)59(53)50-23-9-7-21-48(50)49-22-8-10-24-51(49)59)39-25-27-42(28-26-39)58-62-56(40-14-3-1-4-15-40)61-57(63-58)41-16-5-2-6-17-41/h1-36H. The van der Waals surface area contributed by atoms with E-state index < -0.39 is 5.41 Å². The first-order valence-electron chi connectivity index (χ1n) is 21.4. The normalized spacial score (nSPS) is 12.6. The van der Waals surface area contributed by atoms with E-state index in [9.17, 15) is 5.26 Å². The topological polar surface area (TPSA) is 71.7 Å². The zero-order valence-electron chi connectivity index (χ0n) is 34.5. The van der Waals surface area contributed by atoms with Crippen molar-refractivity contribution in [2.24, 2.45) is 0 Å². The molecule has 0 saturated carbocycles. The van der Waals surface area contributed by atoms with Crippen LogP contribution in [-0.4, -0.2) is 15.0 Å². The third-order valence-electron chi connectivity index (χ3n) is 12.6. The van der Waals surface area contributed by atoms with E-state index in [0.29, 0.717) is 23.0 Å². The van der Waals surface area contributed by atoms with Gasteiger partial charge in [0.05, 0.1) is 17.0 Å². The Morgan fingerprint density at radius 1 is 0.328 bits per heavy atom. The van der Waals surface area contributed by atoms with Crippen LogP contribution in [0.1, 0.15) is 27.8 Å². The van der Waals surface area contributed by atoms with Crippen molar-refractivity contribution in [3.8, 4) is 96.2 Å². The van der Waals surface area contributed by atoms with Crippen molar-refractivity contribution < 1.29 is 4.74 Å². The third-order valence-corrected chi connectivity index (χ3v) is 12.6. The van der Waals surface area contributed by atoms with Crippen molar-refractivity contribution in [2.75, 3.05) is 0 Å². The Labute approximate surface area is 371 Å². The Morgan fingerprint density at radius 3 is 1.25 bits per heavy atom. The Morgan fingerprint density at radius 2 is 0.719 bits per heavy atom. The van der Waals surface area contributed by atoms with Crippen molar-refractivity contribution >= 4 is 0 Å². The van der Waals surface area contributed by atoms with Gasteiger partial charge in [-0.3, -0.25) is 0 Å². The molecule has 1 aliphatic heterocycles. The van der Waals surface area contributed by atoms with Crippen LogP contribution in [0.4, 0.5) is 0 Å². The predicted molar refractivity (Wildman–Crippen MR) is 255 cm³/mol. The van der Waals surface area contributed by atoms with Crippen molar-refractivity contribution in [3.63, 3.8) is 0 Å². The lowest BCUT2D eigenvalue weighted by Crippen LogP contribution is -2.32. The van der Waals surface area contributed by atoms with Crippen LogP contribution in [0.3, 0.4) is 0 Å². The van der Waals surface area contributed by atoms with Gasteiger partial charge in [-0.2, -0.15) is 5.26 Å². The molecule has 1 spiro atoms. The van der Waals surface area contributed by atoms with Crippen molar-refractivity contribution in [1.29, 1.82) is 5.26 Å². The highest BCUT2D eigenvalue weighted by Crippen LogP contribution is 2.62. The summed E-state index contributed by atoms with van der Waals surface area (Å²) in [5.74, 6) is 3.51. The highest BCUT2D eigenvalue weighted by molar-refractivity contribution is 5.90. The molecule has 0 unspecified atom stereocenters. The average Bonchev–Trinajstić information content (AvgIpc) is 3.67. The molecule has 5 heteroatoms. The molecule has 64 heavy (non-hydrogen) atoms. The summed E-state index contributed by atoms with van der Waals surface area (Å²) in [6.07, 6.45) is 0. The van der Waals surface area contributed by atoms with E-state index in [1.807, 2.05) is 84.9 Å². The molecule has 10 aromatic rings. The van der Waals surface area contributed by atoms with Crippen LogP contribution in [-0.2, 0) is 5.41 Å². The fourth-order valence-corrected chi connectivity index (χ4v) is 9.67. The Hall–Kier alpha value is -8.72. The summed E-state index contributed by atoms with van der Waals surface area (Å²) < 4.78 is 7.10. The van der Waals surface area contributed by atoms with Gasteiger partial charge in [-0.15, -0.1) is 0 Å². The number of rotatable bonds is 6. The molecule has 1 aromatic heterocycles. The number of aromatic nitrogens is 3. The number of fused-ring (bicyclic) bond motifs is 9. The Balaban J connectivity index is 0.970. The molecule has 0 N–H and O–H groups in total. The fourth-order valence-electron chi connectivity index (χ4n) is 9.67. The van der Waals surface area contributed by atoms with Gasteiger partial charge in [-0.05, 0) is 86.0 Å². The van der Waals surface area contributed by atoms with Crippen LogP contribution in [0.5, 0.6) is 11.5 Å². The molecule has 0 amide bonds. The highest BCUT2D eigenvalue weighted by Gasteiger charge is 2.51. The predicted octanol–water partition coefficient (Wildman–Crippen LogP) is 14.2. The summed E-state index contributed by atoms with van der Waals surface area (Å²) in [6.45, 7) is 0. The maximum atomic E-state index is 9.58. The van der Waals surface area contributed by atoms with Gasteiger partial charge < -0.3 is 4.74 Å². The van der Waals surface area contributed by atoms with Crippen molar-refractivity contribution in [2.45, 2.75) is 5.41 Å². The molecule has 0 radical (unpaired) electrons. The van der Waals surface area contributed by atoms with Gasteiger partial charge in [0.15, 0.2) is 17.5 Å². The molecular weight excluding hydrogens is 781 g/mol. The fraction of sp³-hybridized carbons (Fsp3) is 0.0169. The number of nitriles is 1. The lowest BCUT2D eigenvalue weighted by molar-refractivity contribution is 0.437. The monoisotopic (exact) mass is 816 g/mol. The maximum Gasteiger partial charge on any atom is 0.164 e. The lowest BCUT2D eigenvalue weighted by atomic mass is 9.65. The van der Waals surface area contributed by atoms with E-state index >= 15 is 0 Å². The van der Waals surface area contributed by atoms with Gasteiger partial charge in [-0.1, -0.05) is 188 Å². The Bertz CT molecular complexity index is 3380. The van der Waals surface area contributed by atoms with Crippen molar-refractivity contribution in [1.82, 2.24) is 15.0 Å². The average molecular weight is 817 g/mol. The molecule has 298 valence electrons. The third kappa shape index (κ3) is 6.04. The van der Waals surface area contributed by atoms with Gasteiger partial charge in [0.2, 0.25) is 0 Å². The quantitative estimate of drug-likeness (QED) is 0.167. The van der Waals surface area contributed by atoms with Gasteiger partial charge in [0, 0.05) is 27.8 Å². The molecule has 12 rings (SSSR count). The molecule has 0 bridgehead atoms. The van der Waals surface area contributed by atoms with Crippen LogP contribution < -0.4 is 4.74 Å². The maximum absolute atomic E-state index is 9.58. The Kier molecular flexibility index (Phi) is 8.70. The van der Waals surface area contributed by atoms with Crippen LogP contribution in [0, 0.1) is 11.3 Å². The molecule has 2 heterocycles. The highest BCUT2D eigenvalue weighted by atomic mass is 16.5. The zero-order valence-corrected chi connectivity index (χ0v) is 34.5. The lowest BCUT2D eigenvalue weighted by Gasteiger charge is -2.39. The van der Waals surface area contributed by atoms with E-state index in [2.05, 4.69) is 140 Å². The number of benzene rings is 9. The first-order chi connectivity index (χ1) is 31.6. The van der Waals surface area contributed by atoms with Crippen LogP contribution in [0.2, 0.25) is 0 Å². The summed E-state index contributed by atoms with van der Waals surface area (Å²) in [6, 6.07) is 78.0. The number of nitrogens with zero attached hydrogens (tertiary/aromatic N) is 4. The molecular formula is C59H36N4O. The summed E-state index contributed by atoms with van der Waals surface area (Å²) in [5.41, 5.74) is 16.2. The van der Waals surface area contributed by atoms with Gasteiger partial charge in [0.25, 0.3) is 0 Å². The van der Waals surface area contributed by atoms with E-state index in [-0.39, 0.29) is 0 Å². The van der Waals surface area contributed by atoms with E-state index in [1.165, 1.54) is 22.3 Å². The molecule has 1 aliphatic carbocycles. The minimum absolute atomic E-state index is 0.595. The van der Waals surface area contributed by atoms with Gasteiger partial charge >= 0.3 is 0 Å². The zero-order chi connectivity index (χ0) is 42.6. The van der Waals surface area contributed by atoms with Crippen LogP contribution in [0.15, 0.2) is 218 Å². The van der Waals surface area contributed by atoms with E-state index in [0.717, 1.165) is 72.7 Å². The smallest absolute Gasteiger partial charge is 0.164 e. The summed E-state index contributed by atoms with van der Waals surface area (Å²) >= 11 is 0. The summed E-state index contributed by atoms with van der Waals surface area (Å²) in [5, 5.41) is 9.58. The van der Waals surface area contributed by atoms with Gasteiger partial charge in [0.1, 0.15) is 11.5 Å². The number of ether oxygens (including phenoxy) is 1. The molecule has 0 atom stereocenters. The molecule has 0 fully saturated rings. The first kappa shape index (κ1) is 37.1. The second-order valence-electron chi connectivity index (χ2n) is 16.3. The van der Waals surface area contributed by atoms with Gasteiger partial charge in [-0.25, -0.2) is 15.0 Å². The van der Waals surface area contributed by atoms with Crippen LogP contribution in [0.25, 0.3) is 78.7 Å². The van der Waals surface area contributed by atoms with E-state index in [4.69, 9.17) is 19.7 Å². The summed E-state index contributed by atoms with van der Waals surface area (Å²) in [4.78, 5) is 14.8. The minimum atomic E-state index is -0.595. The number of hydrogen-bond donors (Lipinski definition) is 0. The first-order valence-corrected chi connectivity index (χ1v) is 21.4. The SMILES string of the molecule is N#Cc1cccc(-c2cccc(-c3ccc4c(c3)Oc3cc(-c5ccc(-c6nc(-c7ccccc7)nc(-c7ccccc7)n6)cc5)ccc3C43c4ccccc4-c4ccccc43)c2)c1. The molecule has 0 saturated heterocycles. The molecule has 5 nitrogen and oxygen atoms in total. The minimum Gasteiger partial charge on any atom is -0.457 e. The van der Waals surface area contributed by atoms with Crippen molar-refractivity contribution in [3.05, 3.63) is 246 Å². The largest absolute Gasteiger partial charge is 0.457 e. The molecule has 2 aliphatic rings. The summed E-state index contributed by atoms with van der Waals surface area (Å²) in [7, 11) is 0. The molecule has 9 aromatic carbocycles. The second-order valence-corrected chi connectivity index (χ2v) is 16.3.